The van der Waals surface area contributed by atoms with E-state index in [1.165, 1.54) is 32.1 Å². The molecular weight excluding hydrogens is 300 g/mol. The molecule has 140 valence electrons. The van der Waals surface area contributed by atoms with Gasteiger partial charge in [-0.15, -0.1) is 0 Å². The fourth-order valence-corrected chi connectivity index (χ4v) is 2.31. The van der Waals surface area contributed by atoms with E-state index in [1.807, 2.05) is 0 Å². The zero-order chi connectivity index (χ0) is 17.7. The third kappa shape index (κ3) is 17.5. The molecule has 0 aromatic heterocycles. The number of hydrogen-bond acceptors (Lipinski definition) is 3. The molecule has 0 fully saturated rings. The Morgan fingerprint density at radius 3 is 1.88 bits per heavy atom. The first kappa shape index (κ1) is 23.1. The molecule has 0 aromatic carbocycles. The second-order valence-corrected chi connectivity index (χ2v) is 6.06. The summed E-state index contributed by atoms with van der Waals surface area (Å²) in [6, 6.07) is 0. The van der Waals surface area contributed by atoms with Gasteiger partial charge in [0.25, 0.3) is 0 Å². The molecule has 3 heteroatoms. The van der Waals surface area contributed by atoms with Crippen molar-refractivity contribution < 1.29 is 14.9 Å². The molecule has 0 spiro atoms. The zero-order valence-corrected chi connectivity index (χ0v) is 15.5. The number of hydrogen-bond donors (Lipinski definition) is 2. The summed E-state index contributed by atoms with van der Waals surface area (Å²) in [7, 11) is 0. The minimum Gasteiger partial charge on any atom is -0.394 e. The van der Waals surface area contributed by atoms with Gasteiger partial charge in [-0.05, 0) is 38.5 Å². The summed E-state index contributed by atoms with van der Waals surface area (Å²) >= 11 is 0. The number of unbranched alkanes of at least 4 members (excludes halogenated alkanes) is 6. The number of aliphatic hydroxyl groups excluding tert-OH is 2. The Hall–Kier alpha value is -0.900. The van der Waals surface area contributed by atoms with Gasteiger partial charge in [-0.1, -0.05) is 69.1 Å². The number of ether oxygens (including phenoxy) is 1. The van der Waals surface area contributed by atoms with Gasteiger partial charge in [0, 0.05) is 6.61 Å². The molecule has 0 saturated heterocycles. The van der Waals surface area contributed by atoms with E-state index in [0.717, 1.165) is 32.1 Å². The van der Waals surface area contributed by atoms with Gasteiger partial charge in [0.15, 0.2) is 0 Å². The Morgan fingerprint density at radius 2 is 1.25 bits per heavy atom. The molecule has 0 saturated carbocycles. The van der Waals surface area contributed by atoms with Crippen LogP contribution in [0, 0.1) is 0 Å². The van der Waals surface area contributed by atoms with Crippen molar-refractivity contribution in [3.8, 4) is 0 Å². The second kappa shape index (κ2) is 20.1. The van der Waals surface area contributed by atoms with Crippen molar-refractivity contribution in [3.05, 3.63) is 36.5 Å². The molecule has 24 heavy (non-hydrogen) atoms. The van der Waals surface area contributed by atoms with Crippen LogP contribution >= 0.6 is 0 Å². The SMILES string of the molecule is CC/C=C\C/C=C\C/C=C\CCCCCCCCOC(CO)CO. The molecule has 0 heterocycles. The monoisotopic (exact) mass is 338 g/mol. The maximum absolute atomic E-state index is 8.86. The topological polar surface area (TPSA) is 49.7 Å². The summed E-state index contributed by atoms with van der Waals surface area (Å²) in [5.74, 6) is 0. The summed E-state index contributed by atoms with van der Waals surface area (Å²) in [5, 5.41) is 17.7. The number of rotatable bonds is 17. The maximum Gasteiger partial charge on any atom is 0.104 e. The third-order valence-electron chi connectivity index (χ3n) is 3.81. The smallest absolute Gasteiger partial charge is 0.104 e. The minimum absolute atomic E-state index is 0.101. The van der Waals surface area contributed by atoms with E-state index in [0.29, 0.717) is 6.61 Å². The lowest BCUT2D eigenvalue weighted by Gasteiger charge is -2.11. The minimum atomic E-state index is -0.403. The summed E-state index contributed by atoms with van der Waals surface area (Å²) in [5.41, 5.74) is 0. The standard InChI is InChI=1S/C21H38O3/c1-2-3-4-5-6-7-8-9-10-11-12-13-14-15-16-17-18-24-21(19-22)20-23/h3-4,6-7,9-10,21-23H,2,5,8,11-20H2,1H3/b4-3-,7-6-,10-9-. The van der Waals surface area contributed by atoms with Gasteiger partial charge in [-0.2, -0.15) is 0 Å². The highest BCUT2D eigenvalue weighted by atomic mass is 16.5. The molecular formula is C21H38O3. The molecule has 2 N–H and O–H groups in total. The van der Waals surface area contributed by atoms with E-state index in [2.05, 4.69) is 43.4 Å². The van der Waals surface area contributed by atoms with E-state index in [9.17, 15) is 0 Å². The highest BCUT2D eigenvalue weighted by Crippen LogP contribution is 2.08. The predicted octanol–water partition coefficient (Wildman–Crippen LogP) is 4.95. The highest BCUT2D eigenvalue weighted by molar-refractivity contribution is 4.96. The predicted molar refractivity (Wildman–Crippen MR) is 103 cm³/mol. The van der Waals surface area contributed by atoms with Gasteiger partial charge < -0.3 is 14.9 Å². The van der Waals surface area contributed by atoms with Gasteiger partial charge in [0.2, 0.25) is 0 Å². The zero-order valence-electron chi connectivity index (χ0n) is 15.5. The molecule has 0 unspecified atom stereocenters. The van der Waals surface area contributed by atoms with Gasteiger partial charge in [0.1, 0.15) is 6.10 Å². The Morgan fingerprint density at radius 1 is 0.708 bits per heavy atom. The normalized spacial score (nSPS) is 12.5. The average molecular weight is 339 g/mol. The molecule has 0 amide bonds. The van der Waals surface area contributed by atoms with Gasteiger partial charge in [-0.3, -0.25) is 0 Å². The summed E-state index contributed by atoms with van der Waals surface area (Å²) in [6.45, 7) is 2.59. The van der Waals surface area contributed by atoms with Crippen LogP contribution in [0.2, 0.25) is 0 Å². The summed E-state index contributed by atoms with van der Waals surface area (Å²) in [4.78, 5) is 0. The Kier molecular flexibility index (Phi) is 19.4. The van der Waals surface area contributed by atoms with Crippen LogP contribution in [0.25, 0.3) is 0 Å². The second-order valence-electron chi connectivity index (χ2n) is 6.06. The lowest BCUT2D eigenvalue weighted by molar-refractivity contribution is -0.0208. The number of allylic oxidation sites excluding steroid dienone is 6. The lowest BCUT2D eigenvalue weighted by atomic mass is 10.1. The summed E-state index contributed by atoms with van der Waals surface area (Å²) < 4.78 is 5.34. The molecule has 0 rings (SSSR count). The van der Waals surface area contributed by atoms with Crippen molar-refractivity contribution in [2.75, 3.05) is 19.8 Å². The van der Waals surface area contributed by atoms with Gasteiger partial charge in [-0.25, -0.2) is 0 Å². The Labute approximate surface area is 149 Å². The van der Waals surface area contributed by atoms with Crippen molar-refractivity contribution >= 4 is 0 Å². The van der Waals surface area contributed by atoms with Crippen LogP contribution < -0.4 is 0 Å². The fraction of sp³-hybridized carbons (Fsp3) is 0.714. The van der Waals surface area contributed by atoms with E-state index in [-0.39, 0.29) is 13.2 Å². The quantitative estimate of drug-likeness (QED) is 0.291. The largest absolute Gasteiger partial charge is 0.394 e. The molecule has 0 aromatic rings. The van der Waals surface area contributed by atoms with Crippen LogP contribution in [-0.4, -0.2) is 36.1 Å². The Bertz CT molecular complexity index is 317. The highest BCUT2D eigenvalue weighted by Gasteiger charge is 2.04. The van der Waals surface area contributed by atoms with E-state index < -0.39 is 6.10 Å². The molecule has 0 radical (unpaired) electrons. The summed E-state index contributed by atoms with van der Waals surface area (Å²) in [6.07, 6.45) is 24.7. The van der Waals surface area contributed by atoms with Crippen LogP contribution in [-0.2, 0) is 4.74 Å². The van der Waals surface area contributed by atoms with Gasteiger partial charge in [0.05, 0.1) is 13.2 Å². The number of aliphatic hydroxyl groups is 2. The molecule has 0 aliphatic rings. The average Bonchev–Trinajstić information content (AvgIpc) is 2.61. The first-order chi connectivity index (χ1) is 11.8. The Balaban J connectivity index is 3.24. The first-order valence-corrected chi connectivity index (χ1v) is 9.63. The lowest BCUT2D eigenvalue weighted by Crippen LogP contribution is -2.22. The van der Waals surface area contributed by atoms with Crippen molar-refractivity contribution in [3.63, 3.8) is 0 Å². The van der Waals surface area contributed by atoms with Gasteiger partial charge >= 0.3 is 0 Å². The van der Waals surface area contributed by atoms with E-state index >= 15 is 0 Å². The van der Waals surface area contributed by atoms with Crippen LogP contribution in [0.4, 0.5) is 0 Å². The van der Waals surface area contributed by atoms with Crippen molar-refractivity contribution in [1.82, 2.24) is 0 Å². The molecule has 0 aliphatic carbocycles. The first-order valence-electron chi connectivity index (χ1n) is 9.63. The van der Waals surface area contributed by atoms with E-state index in [1.54, 1.807) is 0 Å². The molecule has 0 aliphatic heterocycles. The van der Waals surface area contributed by atoms with Crippen LogP contribution in [0.3, 0.4) is 0 Å². The van der Waals surface area contributed by atoms with Crippen LogP contribution in [0.5, 0.6) is 0 Å². The molecule has 0 bridgehead atoms. The fourth-order valence-electron chi connectivity index (χ4n) is 2.31. The van der Waals surface area contributed by atoms with Crippen LogP contribution in [0.1, 0.15) is 71.1 Å². The van der Waals surface area contributed by atoms with Crippen molar-refractivity contribution in [2.45, 2.75) is 77.2 Å². The van der Waals surface area contributed by atoms with Crippen molar-refractivity contribution in [2.24, 2.45) is 0 Å². The van der Waals surface area contributed by atoms with Crippen molar-refractivity contribution in [1.29, 1.82) is 0 Å². The third-order valence-corrected chi connectivity index (χ3v) is 3.81. The van der Waals surface area contributed by atoms with E-state index in [4.69, 9.17) is 14.9 Å². The maximum atomic E-state index is 8.86. The van der Waals surface area contributed by atoms with Crippen LogP contribution in [0.15, 0.2) is 36.5 Å². The molecule has 0 atom stereocenters. The molecule has 3 nitrogen and oxygen atoms in total.